The molecule has 0 rings (SSSR count). The molecule has 0 aromatic rings. The maximum atomic E-state index is 5.35. The number of rotatable bonds is 8. The lowest BCUT2D eigenvalue weighted by atomic mass is 10.4. The first-order chi connectivity index (χ1) is 7.41. The van der Waals surface area contributed by atoms with E-state index >= 15 is 0 Å². The van der Waals surface area contributed by atoms with Crippen molar-refractivity contribution in [2.24, 2.45) is 0 Å². The first-order valence-electron chi connectivity index (χ1n) is 5.62. The second kappa shape index (κ2) is 12.9. The molecule has 0 atom stereocenters. The highest BCUT2D eigenvalue weighted by molar-refractivity contribution is 5.03. The second-order valence-electron chi connectivity index (χ2n) is 3.07. The molecule has 1 heteroatoms. The van der Waals surface area contributed by atoms with Crippen LogP contribution in [0.25, 0.3) is 0 Å². The summed E-state index contributed by atoms with van der Waals surface area (Å²) in [5.41, 5.74) is 0. The fourth-order valence-corrected chi connectivity index (χ4v) is 0.902. The van der Waals surface area contributed by atoms with Crippen LogP contribution in [0.3, 0.4) is 0 Å². The summed E-state index contributed by atoms with van der Waals surface area (Å²) in [5.74, 6) is 0. The van der Waals surface area contributed by atoms with Gasteiger partial charge in [0.15, 0.2) is 0 Å². The Morgan fingerprint density at radius 3 is 1.47 bits per heavy atom. The largest absolute Gasteiger partial charge is 0.373 e. The van der Waals surface area contributed by atoms with Crippen LogP contribution in [0.2, 0.25) is 0 Å². The Bertz CT molecular complexity index is 197. The van der Waals surface area contributed by atoms with E-state index in [-0.39, 0.29) is 0 Å². The van der Waals surface area contributed by atoms with Gasteiger partial charge in [-0.1, -0.05) is 62.5 Å². The molecule has 0 saturated carbocycles. The fraction of sp³-hybridized carbons (Fsp3) is 0.429. The number of hydrogen-bond donors (Lipinski definition) is 0. The predicted octanol–water partition coefficient (Wildman–Crippen LogP) is 4.05. The lowest BCUT2D eigenvalue weighted by Gasteiger charge is -1.92. The average Bonchev–Trinajstić information content (AvgIpc) is 2.26. The molecule has 0 unspecified atom stereocenters. The third-order valence-corrected chi connectivity index (χ3v) is 1.67. The number of ether oxygens (including phenoxy) is 1. The quantitative estimate of drug-likeness (QED) is 0.430. The van der Waals surface area contributed by atoms with Crippen LogP contribution in [-0.2, 0) is 4.74 Å². The van der Waals surface area contributed by atoms with Gasteiger partial charge >= 0.3 is 0 Å². The summed E-state index contributed by atoms with van der Waals surface area (Å²) in [4.78, 5) is 0. The van der Waals surface area contributed by atoms with Crippen molar-refractivity contribution in [2.75, 3.05) is 13.2 Å². The van der Waals surface area contributed by atoms with Crippen molar-refractivity contribution in [3.63, 3.8) is 0 Å². The highest BCUT2D eigenvalue weighted by Gasteiger charge is 1.76. The number of allylic oxidation sites excluding steroid dienone is 6. The molecule has 0 spiro atoms. The van der Waals surface area contributed by atoms with Gasteiger partial charge in [0.1, 0.15) is 0 Å². The zero-order valence-corrected chi connectivity index (χ0v) is 9.86. The first-order valence-corrected chi connectivity index (χ1v) is 5.62. The summed E-state index contributed by atoms with van der Waals surface area (Å²) in [5, 5.41) is 0. The van der Waals surface area contributed by atoms with Crippen LogP contribution in [0.4, 0.5) is 0 Å². The molecular weight excluding hydrogens is 184 g/mol. The standard InChI is InChI=1S/C14H22O/c1-3-5-7-9-11-13-15-14-12-10-8-6-4-2/h5-12H,3-4,13-14H2,1-2H3. The highest BCUT2D eigenvalue weighted by Crippen LogP contribution is 1.85. The van der Waals surface area contributed by atoms with Gasteiger partial charge in [0.05, 0.1) is 13.2 Å². The maximum absolute atomic E-state index is 5.35. The molecule has 0 aliphatic carbocycles. The SMILES string of the molecule is CCC=CC=CCOCC=CC=CCC. The predicted molar refractivity (Wildman–Crippen MR) is 68.0 cm³/mol. The highest BCUT2D eigenvalue weighted by atomic mass is 16.5. The van der Waals surface area contributed by atoms with Gasteiger partial charge < -0.3 is 4.74 Å². The van der Waals surface area contributed by atoms with Crippen molar-refractivity contribution in [2.45, 2.75) is 26.7 Å². The number of hydrogen-bond acceptors (Lipinski definition) is 1. The molecule has 0 aromatic carbocycles. The summed E-state index contributed by atoms with van der Waals surface area (Å²) in [7, 11) is 0. The molecule has 0 radical (unpaired) electrons. The fourth-order valence-electron chi connectivity index (χ4n) is 0.902. The minimum atomic E-state index is 0.676. The zero-order chi connectivity index (χ0) is 11.2. The molecule has 15 heavy (non-hydrogen) atoms. The van der Waals surface area contributed by atoms with Gasteiger partial charge in [-0.2, -0.15) is 0 Å². The minimum Gasteiger partial charge on any atom is -0.373 e. The third kappa shape index (κ3) is 12.9. The van der Waals surface area contributed by atoms with Crippen LogP contribution < -0.4 is 0 Å². The van der Waals surface area contributed by atoms with Gasteiger partial charge in [-0.05, 0) is 12.8 Å². The molecule has 0 aliphatic heterocycles. The smallest absolute Gasteiger partial charge is 0.0654 e. The Kier molecular flexibility index (Phi) is 12.0. The van der Waals surface area contributed by atoms with E-state index in [2.05, 4.69) is 26.0 Å². The molecular formula is C14H22O. The van der Waals surface area contributed by atoms with Crippen molar-refractivity contribution < 1.29 is 4.74 Å². The minimum absolute atomic E-state index is 0.676. The lowest BCUT2D eigenvalue weighted by molar-refractivity contribution is 0.194. The van der Waals surface area contributed by atoms with Crippen molar-refractivity contribution in [1.29, 1.82) is 0 Å². The van der Waals surface area contributed by atoms with Gasteiger partial charge in [-0.3, -0.25) is 0 Å². The summed E-state index contributed by atoms with van der Waals surface area (Å²) in [6.45, 7) is 5.59. The molecule has 1 nitrogen and oxygen atoms in total. The lowest BCUT2D eigenvalue weighted by Crippen LogP contribution is -1.89. The van der Waals surface area contributed by atoms with Crippen LogP contribution in [0, 0.1) is 0 Å². The Balaban J connectivity index is 3.31. The Morgan fingerprint density at radius 2 is 1.07 bits per heavy atom. The van der Waals surface area contributed by atoms with E-state index in [4.69, 9.17) is 4.74 Å². The summed E-state index contributed by atoms with van der Waals surface area (Å²) in [6, 6.07) is 0. The Morgan fingerprint density at radius 1 is 0.667 bits per heavy atom. The van der Waals surface area contributed by atoms with E-state index in [1.807, 2.05) is 36.5 Å². The molecule has 0 saturated heterocycles. The van der Waals surface area contributed by atoms with Gasteiger partial charge in [0, 0.05) is 0 Å². The van der Waals surface area contributed by atoms with Crippen molar-refractivity contribution in [3.05, 3.63) is 48.6 Å². The van der Waals surface area contributed by atoms with Crippen LogP contribution in [0.15, 0.2) is 48.6 Å². The van der Waals surface area contributed by atoms with E-state index in [1.165, 1.54) is 0 Å². The maximum Gasteiger partial charge on any atom is 0.0654 e. The molecule has 84 valence electrons. The average molecular weight is 206 g/mol. The molecule has 0 N–H and O–H groups in total. The molecule has 0 fully saturated rings. The van der Waals surface area contributed by atoms with Crippen molar-refractivity contribution >= 4 is 0 Å². The van der Waals surface area contributed by atoms with Crippen LogP contribution in [-0.4, -0.2) is 13.2 Å². The van der Waals surface area contributed by atoms with Gasteiger partial charge in [0.25, 0.3) is 0 Å². The molecule has 0 bridgehead atoms. The van der Waals surface area contributed by atoms with Gasteiger partial charge in [-0.15, -0.1) is 0 Å². The summed E-state index contributed by atoms with van der Waals surface area (Å²) in [6.07, 6.45) is 18.6. The van der Waals surface area contributed by atoms with E-state index in [0.717, 1.165) is 12.8 Å². The zero-order valence-electron chi connectivity index (χ0n) is 9.86. The molecule has 0 aromatic heterocycles. The van der Waals surface area contributed by atoms with Crippen LogP contribution >= 0.6 is 0 Å². The third-order valence-electron chi connectivity index (χ3n) is 1.67. The van der Waals surface area contributed by atoms with Crippen LogP contribution in [0.5, 0.6) is 0 Å². The van der Waals surface area contributed by atoms with E-state index < -0.39 is 0 Å². The Labute approximate surface area is 93.8 Å². The van der Waals surface area contributed by atoms with E-state index in [0.29, 0.717) is 13.2 Å². The van der Waals surface area contributed by atoms with Crippen LogP contribution in [0.1, 0.15) is 26.7 Å². The monoisotopic (exact) mass is 206 g/mol. The summed E-state index contributed by atoms with van der Waals surface area (Å²) < 4.78 is 5.35. The molecule has 0 heterocycles. The molecule has 0 amide bonds. The van der Waals surface area contributed by atoms with Crippen molar-refractivity contribution in [1.82, 2.24) is 0 Å². The van der Waals surface area contributed by atoms with E-state index in [9.17, 15) is 0 Å². The second-order valence-corrected chi connectivity index (χ2v) is 3.07. The Hall–Kier alpha value is -1.08. The van der Waals surface area contributed by atoms with E-state index in [1.54, 1.807) is 0 Å². The first kappa shape index (κ1) is 13.9. The van der Waals surface area contributed by atoms with Crippen molar-refractivity contribution in [3.8, 4) is 0 Å². The normalized spacial score (nSPS) is 12.9. The van der Waals surface area contributed by atoms with Gasteiger partial charge in [0.2, 0.25) is 0 Å². The summed E-state index contributed by atoms with van der Waals surface area (Å²) >= 11 is 0. The van der Waals surface area contributed by atoms with Gasteiger partial charge in [-0.25, -0.2) is 0 Å². The topological polar surface area (TPSA) is 9.23 Å². The molecule has 0 aliphatic rings.